The molecular weight excluding hydrogens is 322 g/mol. The second kappa shape index (κ2) is 8.46. The zero-order valence-electron chi connectivity index (χ0n) is 16.3. The minimum atomic E-state index is -1.83. The topological polar surface area (TPSA) is 12.0 Å². The molecule has 0 heterocycles. The summed E-state index contributed by atoms with van der Waals surface area (Å²) in [6.45, 7) is 12.1. The molecule has 1 aromatic rings. The highest BCUT2D eigenvalue weighted by Gasteiger charge is 2.39. The van der Waals surface area contributed by atoms with Crippen LogP contribution in [0.4, 0.5) is 0 Å². The summed E-state index contributed by atoms with van der Waals surface area (Å²) in [5.74, 6) is 0. The predicted octanol–water partition coefficient (Wildman–Crippen LogP) is 5.66. The smallest absolute Gasteiger partial charge is 0.176 e. The number of allylic oxidation sites excluding steroid dienone is 4. The summed E-state index contributed by atoms with van der Waals surface area (Å²) in [6, 6.07) is 11.2. The van der Waals surface area contributed by atoms with Crippen LogP contribution in [0.2, 0.25) is 26.2 Å². The Kier molecular flexibility index (Phi) is 6.84. The number of unbranched alkanes of at least 4 members (excludes halogenated alkanes) is 3. The molecule has 2 rings (SSSR count). The lowest BCUT2D eigenvalue weighted by molar-refractivity contribution is 0.668. The van der Waals surface area contributed by atoms with Gasteiger partial charge in [-0.3, -0.25) is 0 Å². The van der Waals surface area contributed by atoms with Gasteiger partial charge in [-0.15, -0.1) is 0 Å². The molecule has 1 unspecified atom stereocenters. The average Bonchev–Trinajstić information content (AvgIpc) is 3.00. The van der Waals surface area contributed by atoms with Gasteiger partial charge < -0.3 is 4.65 Å². The van der Waals surface area contributed by atoms with Gasteiger partial charge in [0.25, 0.3) is 0 Å². The molecule has 0 saturated carbocycles. The van der Waals surface area contributed by atoms with Crippen LogP contribution in [0.15, 0.2) is 53.3 Å². The standard InChI is InChI=1S/C21H35NSi2/c1-6-7-8-10-14-19-15-13-18-21(19)24(5,22-23(2,3)4)20-16-11-9-12-17-20/h9,11-13,15-17,22H,6-8,10,14,18H2,1-5H3. The van der Waals surface area contributed by atoms with Crippen LogP contribution in [0.5, 0.6) is 0 Å². The fourth-order valence-corrected chi connectivity index (χ4v) is 13.7. The van der Waals surface area contributed by atoms with Crippen molar-refractivity contribution in [3.05, 3.63) is 53.3 Å². The summed E-state index contributed by atoms with van der Waals surface area (Å²) < 4.78 is 4.20. The SMILES string of the molecule is CCCCCCC1=C([Si](C)(N[Si](C)(C)C)c2ccccc2)CC=C1. The summed E-state index contributed by atoms with van der Waals surface area (Å²) in [4.78, 5) is 0. The summed E-state index contributed by atoms with van der Waals surface area (Å²) in [5, 5.41) is 3.27. The molecule has 0 saturated heterocycles. The van der Waals surface area contributed by atoms with Crippen LogP contribution in [-0.2, 0) is 0 Å². The molecular formula is C21H35NSi2. The molecule has 3 heteroatoms. The first kappa shape index (κ1) is 19.4. The highest BCUT2D eigenvalue weighted by Crippen LogP contribution is 2.31. The van der Waals surface area contributed by atoms with Crippen molar-refractivity contribution < 1.29 is 0 Å². The molecule has 1 aromatic carbocycles. The summed E-state index contributed by atoms with van der Waals surface area (Å²) in [7, 11) is -3.20. The molecule has 1 aliphatic carbocycles. The molecule has 0 bridgehead atoms. The Morgan fingerprint density at radius 1 is 0.958 bits per heavy atom. The van der Waals surface area contributed by atoms with Crippen molar-refractivity contribution in [2.75, 3.05) is 0 Å². The van der Waals surface area contributed by atoms with Crippen molar-refractivity contribution in [2.45, 2.75) is 71.6 Å². The third-order valence-corrected chi connectivity index (χ3v) is 13.1. The van der Waals surface area contributed by atoms with Crippen LogP contribution in [0, 0.1) is 0 Å². The second-order valence-corrected chi connectivity index (χ2v) is 17.2. The highest BCUT2D eigenvalue weighted by atomic mass is 28.4. The van der Waals surface area contributed by atoms with Gasteiger partial charge in [-0.2, -0.15) is 0 Å². The van der Waals surface area contributed by atoms with Gasteiger partial charge in [0.15, 0.2) is 8.24 Å². The maximum absolute atomic E-state index is 4.20. The minimum Gasteiger partial charge on any atom is -0.353 e. The first-order valence-electron chi connectivity index (χ1n) is 9.61. The van der Waals surface area contributed by atoms with Crippen molar-refractivity contribution in [3.63, 3.8) is 0 Å². The Morgan fingerprint density at radius 3 is 2.29 bits per heavy atom. The van der Waals surface area contributed by atoms with E-state index in [2.05, 4.69) is 80.2 Å². The fraction of sp³-hybridized carbons (Fsp3) is 0.524. The largest absolute Gasteiger partial charge is 0.353 e. The van der Waals surface area contributed by atoms with Gasteiger partial charge in [-0.05, 0) is 31.0 Å². The van der Waals surface area contributed by atoms with E-state index in [0.29, 0.717) is 0 Å². The summed E-state index contributed by atoms with van der Waals surface area (Å²) in [5.41, 5.74) is 1.63. The first-order chi connectivity index (χ1) is 11.4. The number of nitrogens with one attached hydrogen (secondary N) is 1. The van der Waals surface area contributed by atoms with E-state index in [4.69, 9.17) is 0 Å². The molecule has 0 fully saturated rings. The zero-order valence-corrected chi connectivity index (χ0v) is 18.3. The Bertz CT molecular complexity index is 584. The van der Waals surface area contributed by atoms with Crippen LogP contribution < -0.4 is 9.83 Å². The third kappa shape index (κ3) is 5.04. The van der Waals surface area contributed by atoms with Gasteiger partial charge in [0.1, 0.15) is 8.24 Å². The maximum atomic E-state index is 4.20. The van der Waals surface area contributed by atoms with Crippen LogP contribution in [0.25, 0.3) is 0 Å². The van der Waals surface area contributed by atoms with E-state index >= 15 is 0 Å². The zero-order chi connectivity index (χ0) is 17.6. The van der Waals surface area contributed by atoms with Crippen molar-refractivity contribution >= 4 is 21.7 Å². The third-order valence-electron chi connectivity index (χ3n) is 4.91. The lowest BCUT2D eigenvalue weighted by Gasteiger charge is -2.38. The van der Waals surface area contributed by atoms with E-state index in [1.54, 1.807) is 10.8 Å². The van der Waals surface area contributed by atoms with Gasteiger partial charge in [-0.1, -0.05) is 99.1 Å². The molecule has 1 atom stereocenters. The molecule has 0 radical (unpaired) electrons. The lowest BCUT2D eigenvalue weighted by atomic mass is 10.1. The molecule has 0 amide bonds. The summed E-state index contributed by atoms with van der Waals surface area (Å²) in [6.07, 6.45) is 12.6. The Hall–Kier alpha value is -0.906. The molecule has 0 aromatic heterocycles. The van der Waals surface area contributed by atoms with Crippen molar-refractivity contribution in [1.82, 2.24) is 4.65 Å². The van der Waals surface area contributed by atoms with Crippen molar-refractivity contribution in [3.8, 4) is 0 Å². The molecule has 1 nitrogen and oxygen atoms in total. The quantitative estimate of drug-likeness (QED) is 0.444. The van der Waals surface area contributed by atoms with E-state index in [0.717, 1.165) is 6.42 Å². The van der Waals surface area contributed by atoms with Crippen molar-refractivity contribution in [1.29, 1.82) is 0 Å². The van der Waals surface area contributed by atoms with Gasteiger partial charge >= 0.3 is 0 Å². The van der Waals surface area contributed by atoms with Gasteiger partial charge in [0.05, 0.1) is 0 Å². The molecule has 1 aliphatic rings. The minimum absolute atomic E-state index is 1.15. The first-order valence-corrected chi connectivity index (χ1v) is 15.6. The number of hydrogen-bond donors (Lipinski definition) is 1. The Morgan fingerprint density at radius 2 is 1.67 bits per heavy atom. The molecule has 0 aliphatic heterocycles. The molecule has 1 N–H and O–H groups in total. The predicted molar refractivity (Wildman–Crippen MR) is 114 cm³/mol. The van der Waals surface area contributed by atoms with Gasteiger partial charge in [0, 0.05) is 0 Å². The highest BCUT2D eigenvalue weighted by molar-refractivity contribution is 7.02. The van der Waals surface area contributed by atoms with E-state index in [1.165, 1.54) is 37.3 Å². The maximum Gasteiger partial charge on any atom is 0.176 e. The number of benzene rings is 1. The van der Waals surface area contributed by atoms with E-state index in [9.17, 15) is 0 Å². The van der Waals surface area contributed by atoms with Crippen molar-refractivity contribution in [2.24, 2.45) is 0 Å². The molecule has 0 spiro atoms. The van der Waals surface area contributed by atoms with E-state index in [1.807, 2.05) is 0 Å². The van der Waals surface area contributed by atoms with Crippen LogP contribution in [0.3, 0.4) is 0 Å². The van der Waals surface area contributed by atoms with Gasteiger partial charge in [-0.25, -0.2) is 0 Å². The van der Waals surface area contributed by atoms with Crippen LogP contribution in [0.1, 0.15) is 45.4 Å². The molecule has 24 heavy (non-hydrogen) atoms. The fourth-order valence-electron chi connectivity index (χ4n) is 3.90. The van der Waals surface area contributed by atoms with Crippen LogP contribution in [-0.4, -0.2) is 16.5 Å². The number of hydrogen-bond acceptors (Lipinski definition) is 1. The van der Waals surface area contributed by atoms with E-state index in [-0.39, 0.29) is 0 Å². The molecule has 132 valence electrons. The monoisotopic (exact) mass is 357 g/mol. The van der Waals surface area contributed by atoms with E-state index < -0.39 is 16.5 Å². The Balaban J connectivity index is 2.32. The van der Waals surface area contributed by atoms with Crippen LogP contribution >= 0.6 is 0 Å². The lowest BCUT2D eigenvalue weighted by Crippen LogP contribution is -2.67. The normalized spacial score (nSPS) is 17.4. The second-order valence-electron chi connectivity index (χ2n) is 8.29. The summed E-state index contributed by atoms with van der Waals surface area (Å²) >= 11 is 0. The number of rotatable bonds is 9. The Labute approximate surface area is 151 Å². The van der Waals surface area contributed by atoms with Gasteiger partial charge in [0.2, 0.25) is 0 Å². The average molecular weight is 358 g/mol.